The van der Waals surface area contributed by atoms with Crippen LogP contribution in [0, 0.1) is 18.6 Å². The summed E-state index contributed by atoms with van der Waals surface area (Å²) < 4.78 is 26.6. The maximum atomic E-state index is 13.5. The van der Waals surface area contributed by atoms with E-state index in [1.54, 1.807) is 0 Å². The lowest BCUT2D eigenvalue weighted by atomic mass is 10.1. The summed E-state index contributed by atoms with van der Waals surface area (Å²) >= 11 is 0. The number of nitrogens with zero attached hydrogens (tertiary/aromatic N) is 3. The van der Waals surface area contributed by atoms with Crippen LogP contribution in [0.5, 0.6) is 0 Å². The van der Waals surface area contributed by atoms with Crippen molar-refractivity contribution in [3.8, 4) is 0 Å². The first-order valence-corrected chi connectivity index (χ1v) is 9.43. The van der Waals surface area contributed by atoms with Crippen LogP contribution in [0.1, 0.15) is 42.3 Å². The second-order valence-corrected chi connectivity index (χ2v) is 7.99. The summed E-state index contributed by atoms with van der Waals surface area (Å²) in [4.78, 5) is 16.5. The molecule has 0 radical (unpaired) electrons. The van der Waals surface area contributed by atoms with Crippen LogP contribution < -0.4 is 10.6 Å². The van der Waals surface area contributed by atoms with Gasteiger partial charge in [-0.15, -0.1) is 0 Å². The van der Waals surface area contributed by atoms with E-state index in [0.29, 0.717) is 5.70 Å². The van der Waals surface area contributed by atoms with Crippen LogP contribution in [0.15, 0.2) is 63.8 Å². The predicted molar refractivity (Wildman–Crippen MR) is 112 cm³/mol. The van der Waals surface area contributed by atoms with Crippen LogP contribution in [-0.2, 0) is 0 Å². The first-order valence-electron chi connectivity index (χ1n) is 9.43. The Morgan fingerprint density at radius 1 is 1.07 bits per heavy atom. The Kier molecular flexibility index (Phi) is 6.05. The molecule has 0 saturated heterocycles. The first-order chi connectivity index (χ1) is 14.1. The van der Waals surface area contributed by atoms with E-state index in [0.717, 1.165) is 23.3 Å². The second kappa shape index (κ2) is 8.52. The van der Waals surface area contributed by atoms with Gasteiger partial charge in [0.1, 0.15) is 0 Å². The van der Waals surface area contributed by atoms with E-state index in [2.05, 4.69) is 25.9 Å². The zero-order chi connectivity index (χ0) is 21.9. The highest BCUT2D eigenvalue weighted by Crippen LogP contribution is 2.23. The molecule has 0 fully saturated rings. The van der Waals surface area contributed by atoms with Crippen LogP contribution in [0.25, 0.3) is 5.70 Å². The number of rotatable bonds is 3. The number of carbonyl (C=O) groups is 1. The molecule has 1 heterocycles. The number of nitrogens with one attached hydrogen (secondary N) is 2. The average Bonchev–Trinajstić information content (AvgIpc) is 3.11. The number of amides is 1. The van der Waals surface area contributed by atoms with Gasteiger partial charge in [0.05, 0.1) is 5.70 Å². The van der Waals surface area contributed by atoms with Gasteiger partial charge in [-0.3, -0.25) is 4.79 Å². The summed E-state index contributed by atoms with van der Waals surface area (Å²) in [5.41, 5.74) is 2.29. The summed E-state index contributed by atoms with van der Waals surface area (Å²) in [5.74, 6) is -2.69. The Labute approximate surface area is 173 Å². The van der Waals surface area contributed by atoms with Crippen molar-refractivity contribution < 1.29 is 13.6 Å². The number of benzene rings is 2. The van der Waals surface area contributed by atoms with Crippen molar-refractivity contribution in [3.63, 3.8) is 0 Å². The van der Waals surface area contributed by atoms with Crippen molar-refractivity contribution in [3.05, 3.63) is 76.9 Å². The van der Waals surface area contributed by atoms with Gasteiger partial charge in [-0.05, 0) is 52.0 Å². The van der Waals surface area contributed by atoms with Gasteiger partial charge >= 0.3 is 0 Å². The minimum absolute atomic E-state index is 0.0622. The largest absolute Gasteiger partial charge is 0.351 e. The molecule has 1 atom stereocenters. The number of aryl methyl sites for hydroxylation is 1. The molecule has 2 aromatic rings. The van der Waals surface area contributed by atoms with E-state index in [1.807, 2.05) is 58.0 Å². The molecule has 1 amide bonds. The molecule has 0 aromatic heterocycles. The monoisotopic (exact) mass is 411 g/mol. The van der Waals surface area contributed by atoms with Crippen LogP contribution in [0.2, 0.25) is 0 Å². The van der Waals surface area contributed by atoms with Gasteiger partial charge in [0.25, 0.3) is 5.91 Å². The Bertz CT molecular complexity index is 1040. The number of hydrogen-bond acceptors (Lipinski definition) is 3. The molecule has 0 bridgehead atoms. The van der Waals surface area contributed by atoms with Crippen molar-refractivity contribution in [2.45, 2.75) is 39.4 Å². The maximum absolute atomic E-state index is 13.5. The Morgan fingerprint density at radius 3 is 2.40 bits per heavy atom. The average molecular weight is 411 g/mol. The van der Waals surface area contributed by atoms with Crippen molar-refractivity contribution in [1.29, 1.82) is 0 Å². The van der Waals surface area contributed by atoms with Gasteiger partial charge in [-0.25, -0.2) is 8.78 Å². The molecule has 0 saturated carbocycles. The van der Waals surface area contributed by atoms with Crippen molar-refractivity contribution >= 4 is 17.6 Å². The zero-order valence-electron chi connectivity index (χ0n) is 17.2. The Balaban J connectivity index is 1.81. The zero-order valence-corrected chi connectivity index (χ0v) is 17.2. The van der Waals surface area contributed by atoms with E-state index >= 15 is 0 Å². The number of azo groups is 1. The molecule has 1 aliphatic rings. The molecule has 156 valence electrons. The molecule has 8 heteroatoms. The topological polar surface area (TPSA) is 78.2 Å². The van der Waals surface area contributed by atoms with E-state index in [-0.39, 0.29) is 11.5 Å². The molecular weight excluding hydrogens is 388 g/mol. The third-order valence-electron chi connectivity index (χ3n) is 4.11. The third-order valence-corrected chi connectivity index (χ3v) is 4.11. The Hall–Kier alpha value is -3.42. The first kappa shape index (κ1) is 21.3. The van der Waals surface area contributed by atoms with E-state index in [4.69, 9.17) is 0 Å². The van der Waals surface area contributed by atoms with Crippen LogP contribution >= 0.6 is 0 Å². The van der Waals surface area contributed by atoms with E-state index in [9.17, 15) is 13.6 Å². The third kappa shape index (κ3) is 5.56. The SMILES string of the molecule is Cc1ccc(C2=CC(N/C(=N\C(=O)c3ccc(F)c(F)c3)NC(C)(C)C)N=N2)cc1. The highest BCUT2D eigenvalue weighted by molar-refractivity contribution is 6.02. The fraction of sp³-hybridized carbons (Fsp3) is 0.273. The summed E-state index contributed by atoms with van der Waals surface area (Å²) in [7, 11) is 0. The quantitative estimate of drug-likeness (QED) is 0.573. The van der Waals surface area contributed by atoms with E-state index < -0.39 is 29.2 Å². The van der Waals surface area contributed by atoms with Gasteiger partial charge in [-0.1, -0.05) is 29.8 Å². The van der Waals surface area contributed by atoms with Gasteiger partial charge in [-0.2, -0.15) is 15.2 Å². The number of hydrogen-bond donors (Lipinski definition) is 2. The highest BCUT2D eigenvalue weighted by Gasteiger charge is 2.20. The van der Waals surface area contributed by atoms with Gasteiger partial charge in [0, 0.05) is 16.7 Å². The minimum Gasteiger partial charge on any atom is -0.351 e. The standard InChI is InChI=1S/C22H23F2N5O/c1-13-5-7-14(8-6-13)18-12-19(29-28-18)25-21(27-22(2,3)4)26-20(30)15-9-10-16(23)17(24)11-15/h5-12,19H,1-4H3,(H2,25,26,27,30). The molecular formula is C22H23F2N5O. The minimum atomic E-state index is -1.11. The summed E-state index contributed by atoms with van der Waals surface area (Å²) in [6, 6.07) is 10.8. The number of halogens is 2. The van der Waals surface area contributed by atoms with Gasteiger partial charge in [0.2, 0.25) is 5.96 Å². The second-order valence-electron chi connectivity index (χ2n) is 7.99. The molecule has 6 nitrogen and oxygen atoms in total. The fourth-order valence-electron chi connectivity index (χ4n) is 2.68. The van der Waals surface area contributed by atoms with Gasteiger partial charge in [0.15, 0.2) is 17.8 Å². The number of carbonyl (C=O) groups excluding carboxylic acids is 1. The summed E-state index contributed by atoms with van der Waals surface area (Å²) in [5, 5.41) is 14.5. The lowest BCUT2D eigenvalue weighted by molar-refractivity contribution is 0.100. The maximum Gasteiger partial charge on any atom is 0.280 e. The lowest BCUT2D eigenvalue weighted by Crippen LogP contribution is -2.50. The lowest BCUT2D eigenvalue weighted by Gasteiger charge is -2.24. The smallest absolute Gasteiger partial charge is 0.280 e. The number of guanidine groups is 1. The van der Waals surface area contributed by atoms with Crippen molar-refractivity contribution in [1.82, 2.24) is 10.6 Å². The van der Waals surface area contributed by atoms with Crippen molar-refractivity contribution in [2.24, 2.45) is 15.2 Å². The van der Waals surface area contributed by atoms with Crippen molar-refractivity contribution in [2.75, 3.05) is 0 Å². The number of aliphatic imine (C=N–C) groups is 1. The van der Waals surface area contributed by atoms with Gasteiger partial charge < -0.3 is 10.6 Å². The van der Waals surface area contributed by atoms with Crippen LogP contribution in [0.4, 0.5) is 8.78 Å². The molecule has 0 spiro atoms. The fourth-order valence-corrected chi connectivity index (χ4v) is 2.68. The van der Waals surface area contributed by atoms with Crippen LogP contribution in [0.3, 0.4) is 0 Å². The molecule has 2 N–H and O–H groups in total. The summed E-state index contributed by atoms with van der Waals surface area (Å²) in [6.07, 6.45) is 1.28. The highest BCUT2D eigenvalue weighted by atomic mass is 19.2. The van der Waals surface area contributed by atoms with E-state index in [1.165, 1.54) is 6.07 Å². The molecule has 1 aliphatic heterocycles. The molecule has 2 aromatic carbocycles. The summed E-state index contributed by atoms with van der Waals surface area (Å²) in [6.45, 7) is 7.70. The molecule has 1 unspecified atom stereocenters. The molecule has 0 aliphatic carbocycles. The molecule has 3 rings (SSSR count). The Morgan fingerprint density at radius 2 is 1.77 bits per heavy atom. The molecule has 30 heavy (non-hydrogen) atoms. The predicted octanol–water partition coefficient (Wildman–Crippen LogP) is 4.58. The van der Waals surface area contributed by atoms with Crippen LogP contribution in [-0.4, -0.2) is 23.6 Å². The normalized spacial score (nSPS) is 16.4.